The van der Waals surface area contributed by atoms with Crippen molar-refractivity contribution in [1.29, 1.82) is 0 Å². The van der Waals surface area contributed by atoms with Crippen molar-refractivity contribution in [3.8, 4) is 0 Å². The monoisotopic (exact) mass is 276 g/mol. The molecule has 0 saturated carbocycles. The highest BCUT2D eigenvalue weighted by Gasteiger charge is 2.37. The number of carboxylic acid groups (broad SMARTS) is 2. The fourth-order valence-electron chi connectivity index (χ4n) is 1.82. The molecular formula is C10H16N2O5S. The normalized spacial score (nSPS) is 21.1. The Labute approximate surface area is 108 Å². The summed E-state index contributed by atoms with van der Waals surface area (Å²) >= 11 is 0.990. The van der Waals surface area contributed by atoms with Gasteiger partial charge in [-0.25, -0.2) is 4.79 Å². The molecule has 1 saturated heterocycles. The third-order valence-corrected chi connectivity index (χ3v) is 3.74. The average molecular weight is 276 g/mol. The van der Waals surface area contributed by atoms with Crippen molar-refractivity contribution in [2.24, 2.45) is 11.7 Å². The Bertz CT molecular complexity index is 349. The molecule has 1 amide bonds. The zero-order valence-corrected chi connectivity index (χ0v) is 10.6. The Balaban J connectivity index is 2.59. The molecule has 0 spiro atoms. The van der Waals surface area contributed by atoms with E-state index >= 15 is 0 Å². The maximum absolute atomic E-state index is 11.7. The molecule has 102 valence electrons. The summed E-state index contributed by atoms with van der Waals surface area (Å²) in [5.74, 6) is -2.45. The van der Waals surface area contributed by atoms with Gasteiger partial charge in [0.1, 0.15) is 6.04 Å². The first kappa shape index (κ1) is 14.8. The van der Waals surface area contributed by atoms with Gasteiger partial charge in [0.15, 0.2) is 0 Å². The largest absolute Gasteiger partial charge is 0.481 e. The van der Waals surface area contributed by atoms with Crippen molar-refractivity contribution in [2.75, 3.05) is 24.6 Å². The van der Waals surface area contributed by atoms with Crippen LogP contribution in [0, 0.1) is 5.92 Å². The number of carbonyl (C=O) groups is 3. The van der Waals surface area contributed by atoms with E-state index in [4.69, 9.17) is 15.9 Å². The van der Waals surface area contributed by atoms with Crippen molar-refractivity contribution in [2.45, 2.75) is 12.5 Å². The number of nitrogens with two attached hydrogens (primary N) is 1. The van der Waals surface area contributed by atoms with E-state index in [1.807, 2.05) is 0 Å². The van der Waals surface area contributed by atoms with Gasteiger partial charge in [0, 0.05) is 18.7 Å². The van der Waals surface area contributed by atoms with Crippen molar-refractivity contribution in [3.63, 3.8) is 0 Å². The molecule has 0 aliphatic carbocycles. The molecule has 0 radical (unpaired) electrons. The molecule has 0 aromatic carbocycles. The Morgan fingerprint density at radius 1 is 1.50 bits per heavy atom. The van der Waals surface area contributed by atoms with Gasteiger partial charge in [0.05, 0.1) is 5.75 Å². The van der Waals surface area contributed by atoms with Gasteiger partial charge in [-0.3, -0.25) is 9.59 Å². The maximum atomic E-state index is 11.7. The molecule has 1 rings (SSSR count). The fraction of sp³-hybridized carbons (Fsp3) is 0.700. The molecule has 1 aliphatic heterocycles. The topological polar surface area (TPSA) is 121 Å². The van der Waals surface area contributed by atoms with E-state index in [2.05, 4.69) is 0 Å². The average Bonchev–Trinajstić information content (AvgIpc) is 2.65. The van der Waals surface area contributed by atoms with Crippen LogP contribution in [-0.2, 0) is 14.4 Å². The zero-order valence-electron chi connectivity index (χ0n) is 9.74. The van der Waals surface area contributed by atoms with Crippen LogP contribution in [0.25, 0.3) is 0 Å². The summed E-state index contributed by atoms with van der Waals surface area (Å²) in [6, 6.07) is -0.974. The Hall–Kier alpha value is -1.28. The molecule has 8 heteroatoms. The van der Waals surface area contributed by atoms with Crippen molar-refractivity contribution in [3.05, 3.63) is 0 Å². The molecule has 0 bridgehead atoms. The third kappa shape index (κ3) is 3.88. The number of carboxylic acids is 2. The van der Waals surface area contributed by atoms with E-state index in [1.165, 1.54) is 4.90 Å². The van der Waals surface area contributed by atoms with E-state index in [0.29, 0.717) is 13.1 Å². The Morgan fingerprint density at radius 3 is 2.61 bits per heavy atom. The number of likely N-dealkylation sites (tertiary alicyclic amines) is 1. The van der Waals surface area contributed by atoms with E-state index in [9.17, 15) is 14.4 Å². The van der Waals surface area contributed by atoms with Crippen LogP contribution in [0.15, 0.2) is 0 Å². The fourth-order valence-corrected chi connectivity index (χ4v) is 2.66. The van der Waals surface area contributed by atoms with Crippen LogP contribution in [0.2, 0.25) is 0 Å². The summed E-state index contributed by atoms with van der Waals surface area (Å²) in [6.45, 7) is 0.677. The lowest BCUT2D eigenvalue weighted by Gasteiger charge is -2.24. The number of aliphatic carboxylic acids is 2. The maximum Gasteiger partial charge on any atom is 0.327 e. The number of hydrogen-bond donors (Lipinski definition) is 3. The van der Waals surface area contributed by atoms with Crippen LogP contribution in [0.5, 0.6) is 0 Å². The van der Waals surface area contributed by atoms with E-state index in [-0.39, 0.29) is 29.8 Å². The first-order valence-electron chi connectivity index (χ1n) is 5.47. The highest BCUT2D eigenvalue weighted by molar-refractivity contribution is 8.00. The molecule has 0 aromatic rings. The molecule has 4 N–H and O–H groups in total. The lowest BCUT2D eigenvalue weighted by molar-refractivity contribution is -0.147. The van der Waals surface area contributed by atoms with Crippen LogP contribution < -0.4 is 5.73 Å². The molecule has 1 aliphatic rings. The minimum absolute atomic E-state index is 0.0103. The van der Waals surface area contributed by atoms with Crippen LogP contribution in [0.1, 0.15) is 6.42 Å². The quantitative estimate of drug-likeness (QED) is 0.549. The summed E-state index contributed by atoms with van der Waals surface area (Å²) in [5.41, 5.74) is 5.47. The lowest BCUT2D eigenvalue weighted by Crippen LogP contribution is -2.44. The predicted molar refractivity (Wildman–Crippen MR) is 65.3 cm³/mol. The van der Waals surface area contributed by atoms with Gasteiger partial charge < -0.3 is 20.8 Å². The van der Waals surface area contributed by atoms with Gasteiger partial charge in [0.2, 0.25) is 5.91 Å². The molecular weight excluding hydrogens is 260 g/mol. The van der Waals surface area contributed by atoms with Gasteiger partial charge in [0.25, 0.3) is 0 Å². The van der Waals surface area contributed by atoms with Crippen LogP contribution in [0.3, 0.4) is 0 Å². The third-order valence-electron chi connectivity index (χ3n) is 2.73. The van der Waals surface area contributed by atoms with Crippen molar-refractivity contribution < 1.29 is 24.6 Å². The van der Waals surface area contributed by atoms with Gasteiger partial charge in [-0.2, -0.15) is 0 Å². The highest BCUT2D eigenvalue weighted by atomic mass is 32.2. The predicted octanol–water partition coefficient (Wildman–Crippen LogP) is -0.935. The number of rotatable bonds is 7. The van der Waals surface area contributed by atoms with Crippen molar-refractivity contribution in [1.82, 2.24) is 4.90 Å². The first-order valence-corrected chi connectivity index (χ1v) is 6.63. The number of hydrogen-bond acceptors (Lipinski definition) is 5. The zero-order chi connectivity index (χ0) is 13.7. The van der Waals surface area contributed by atoms with Gasteiger partial charge in [-0.1, -0.05) is 0 Å². The number of amides is 1. The summed E-state index contributed by atoms with van der Waals surface area (Å²) in [6.07, 6.45) is 0.268. The summed E-state index contributed by atoms with van der Waals surface area (Å²) in [7, 11) is 0. The Morgan fingerprint density at radius 2 is 2.17 bits per heavy atom. The van der Waals surface area contributed by atoms with Crippen LogP contribution >= 0.6 is 11.8 Å². The second-order valence-corrected chi connectivity index (χ2v) is 5.15. The van der Waals surface area contributed by atoms with E-state index < -0.39 is 18.0 Å². The van der Waals surface area contributed by atoms with E-state index in [1.54, 1.807) is 0 Å². The van der Waals surface area contributed by atoms with E-state index in [0.717, 1.165) is 11.8 Å². The molecule has 7 nitrogen and oxygen atoms in total. The molecule has 2 atom stereocenters. The van der Waals surface area contributed by atoms with Gasteiger partial charge in [-0.05, 0) is 12.5 Å². The summed E-state index contributed by atoms with van der Waals surface area (Å²) in [4.78, 5) is 34.4. The first-order chi connectivity index (χ1) is 8.45. The Kier molecular flexibility index (Phi) is 5.42. The van der Waals surface area contributed by atoms with Crippen LogP contribution in [0.4, 0.5) is 0 Å². The standard InChI is InChI=1S/C10H16N2O5S/c11-2-6-1-8(13)12(3-6)7(10(16)17)4-18-5-9(14)15/h6-7H,1-5,11H2,(H,14,15)(H,16,17)/t6?,7-/m0/s1. The second-order valence-electron chi connectivity index (χ2n) is 4.11. The highest BCUT2D eigenvalue weighted by Crippen LogP contribution is 2.21. The SMILES string of the molecule is NCC1CC(=O)N([C@@H](CSCC(=O)O)C(=O)O)C1. The molecule has 1 fully saturated rings. The number of carbonyl (C=O) groups excluding carboxylic acids is 1. The van der Waals surface area contributed by atoms with Crippen LogP contribution in [-0.4, -0.2) is 63.6 Å². The lowest BCUT2D eigenvalue weighted by atomic mass is 10.1. The van der Waals surface area contributed by atoms with Gasteiger partial charge >= 0.3 is 11.9 Å². The molecule has 1 heterocycles. The molecule has 1 unspecified atom stereocenters. The van der Waals surface area contributed by atoms with Gasteiger partial charge in [-0.15, -0.1) is 11.8 Å². The minimum Gasteiger partial charge on any atom is -0.481 e. The van der Waals surface area contributed by atoms with Crippen molar-refractivity contribution >= 4 is 29.6 Å². The number of nitrogens with zero attached hydrogens (tertiary/aromatic N) is 1. The summed E-state index contributed by atoms with van der Waals surface area (Å²) in [5, 5.41) is 17.6. The minimum atomic E-state index is -1.11. The number of thioether (sulfide) groups is 1. The molecule has 18 heavy (non-hydrogen) atoms. The second kappa shape index (κ2) is 6.60. The molecule has 0 aromatic heterocycles. The summed E-state index contributed by atoms with van der Waals surface area (Å²) < 4.78 is 0. The smallest absolute Gasteiger partial charge is 0.327 e.